The normalized spacial score (nSPS) is 24.8. The van der Waals surface area contributed by atoms with Gasteiger partial charge in [0, 0.05) is 41.9 Å². The van der Waals surface area contributed by atoms with Crippen LogP contribution in [0.4, 0.5) is 0 Å². The van der Waals surface area contributed by atoms with Gasteiger partial charge in [-0.1, -0.05) is 0 Å². The lowest BCUT2D eigenvalue weighted by Gasteiger charge is -2.25. The van der Waals surface area contributed by atoms with Crippen molar-refractivity contribution in [2.24, 2.45) is 0 Å². The van der Waals surface area contributed by atoms with Crippen LogP contribution in [0.1, 0.15) is 29.3 Å². The van der Waals surface area contributed by atoms with E-state index < -0.39 is 18.3 Å². The molecule has 1 fully saturated rings. The number of nitrogens with one attached hydrogen (secondary N) is 2. The second-order valence-corrected chi connectivity index (χ2v) is 8.87. The third kappa shape index (κ3) is 3.40. The Morgan fingerprint density at radius 3 is 2.91 bits per heavy atom. The molecular weight excluding hydrogens is 420 g/mol. The summed E-state index contributed by atoms with van der Waals surface area (Å²) >= 11 is 0. The van der Waals surface area contributed by atoms with E-state index in [1.54, 1.807) is 6.20 Å². The predicted octanol–water partition coefficient (Wildman–Crippen LogP) is 1.89. The van der Waals surface area contributed by atoms with E-state index in [-0.39, 0.29) is 6.04 Å². The van der Waals surface area contributed by atoms with Crippen LogP contribution in [0.3, 0.4) is 0 Å². The van der Waals surface area contributed by atoms with Crippen LogP contribution in [0.25, 0.3) is 22.3 Å². The van der Waals surface area contributed by atoms with Crippen molar-refractivity contribution in [1.82, 2.24) is 30.0 Å². The van der Waals surface area contributed by atoms with Gasteiger partial charge in [-0.25, -0.2) is 9.97 Å². The van der Waals surface area contributed by atoms with Gasteiger partial charge in [0.25, 0.3) is 0 Å². The molecule has 4 aromatic rings. The van der Waals surface area contributed by atoms with Gasteiger partial charge in [0.15, 0.2) is 0 Å². The van der Waals surface area contributed by atoms with Crippen molar-refractivity contribution in [3.63, 3.8) is 0 Å². The molecule has 9 heteroatoms. The van der Waals surface area contributed by atoms with E-state index in [0.717, 1.165) is 52.3 Å². The van der Waals surface area contributed by atoms with Crippen LogP contribution in [-0.2, 0) is 13.0 Å². The Hall–Kier alpha value is -3.27. The highest BCUT2D eigenvalue weighted by Gasteiger charge is 2.44. The van der Waals surface area contributed by atoms with E-state index in [0.29, 0.717) is 13.0 Å². The number of fused-ring (bicyclic) bond motifs is 2. The summed E-state index contributed by atoms with van der Waals surface area (Å²) in [7, 11) is 0. The number of aliphatic hydroxyl groups excluding tert-OH is 2. The standard InChI is InChI=1S/C24H26N6O3/c1-13-16-4-7-30(24(16)27-12-26-13)19-10-21(23(32)22(19)31)33-20-9-15(18-3-6-28-29-18)8-14-2-5-25-11-17(14)20/h3-4,6-9,12,19,21-23,25,31-32H,2,5,10-11H2,1H3,(H,28,29)/t19?,21?,22-,23?/m0/s1. The number of aromatic nitrogens is 5. The molecule has 0 radical (unpaired) electrons. The third-order valence-electron chi connectivity index (χ3n) is 6.93. The first-order valence-corrected chi connectivity index (χ1v) is 11.3. The van der Waals surface area contributed by atoms with E-state index in [2.05, 4.69) is 31.5 Å². The minimum atomic E-state index is -1.02. The third-order valence-corrected chi connectivity index (χ3v) is 6.93. The molecule has 0 spiro atoms. The number of nitrogens with zero attached hydrogens (tertiary/aromatic N) is 4. The van der Waals surface area contributed by atoms with Gasteiger partial charge in [-0.2, -0.15) is 5.10 Å². The number of hydrogen-bond acceptors (Lipinski definition) is 7. The molecule has 6 rings (SSSR count). The topological polar surface area (TPSA) is 121 Å². The molecule has 1 aliphatic carbocycles. The number of benzene rings is 1. The average molecular weight is 447 g/mol. The van der Waals surface area contributed by atoms with Gasteiger partial charge in [0.2, 0.25) is 0 Å². The van der Waals surface area contributed by atoms with Crippen molar-refractivity contribution < 1.29 is 14.9 Å². The van der Waals surface area contributed by atoms with Gasteiger partial charge < -0.3 is 24.8 Å². The first kappa shape index (κ1) is 20.3. The van der Waals surface area contributed by atoms with E-state index in [4.69, 9.17) is 4.74 Å². The SMILES string of the molecule is Cc1ncnc2c1ccn2C1CC(Oc2cc(-c3ccn[nH]3)cc3c2CNCC3)C(O)[C@H]1O. The molecular formula is C24H26N6O3. The zero-order chi connectivity index (χ0) is 22.5. The Bertz CT molecular complexity index is 1300. The summed E-state index contributed by atoms with van der Waals surface area (Å²) in [5, 5.41) is 33.3. The summed E-state index contributed by atoms with van der Waals surface area (Å²) in [6, 6.07) is 7.70. The van der Waals surface area contributed by atoms with Gasteiger partial charge in [0.1, 0.15) is 36.0 Å². The molecule has 2 aliphatic rings. The fourth-order valence-corrected chi connectivity index (χ4v) is 5.13. The van der Waals surface area contributed by atoms with Crippen molar-refractivity contribution in [3.05, 3.63) is 59.8 Å². The van der Waals surface area contributed by atoms with E-state index in [1.807, 2.05) is 35.9 Å². The number of H-pyrrole nitrogens is 1. The Kier molecular flexibility index (Phi) is 4.90. The fourth-order valence-electron chi connectivity index (χ4n) is 5.13. The molecule has 0 saturated heterocycles. The minimum absolute atomic E-state index is 0.346. The summed E-state index contributed by atoms with van der Waals surface area (Å²) < 4.78 is 8.36. The molecule has 4 atom stereocenters. The lowest BCUT2D eigenvalue weighted by Crippen LogP contribution is -2.34. The maximum atomic E-state index is 10.9. The summed E-state index contributed by atoms with van der Waals surface area (Å²) in [5.74, 6) is 0.733. The Morgan fingerprint density at radius 2 is 2.06 bits per heavy atom. The van der Waals surface area contributed by atoms with Crippen molar-refractivity contribution >= 4 is 11.0 Å². The van der Waals surface area contributed by atoms with E-state index in [9.17, 15) is 10.2 Å². The van der Waals surface area contributed by atoms with Gasteiger partial charge >= 0.3 is 0 Å². The average Bonchev–Trinajstić information content (AvgIpc) is 3.56. The monoisotopic (exact) mass is 446 g/mol. The summed E-state index contributed by atoms with van der Waals surface area (Å²) in [6.07, 6.45) is 4.00. The first-order valence-electron chi connectivity index (χ1n) is 11.3. The molecule has 1 aromatic carbocycles. The lowest BCUT2D eigenvalue weighted by atomic mass is 9.96. The number of hydrogen-bond donors (Lipinski definition) is 4. The van der Waals surface area contributed by atoms with Crippen LogP contribution in [0.15, 0.2) is 43.0 Å². The van der Waals surface area contributed by atoms with Crippen LogP contribution in [-0.4, -0.2) is 59.8 Å². The summed E-state index contributed by atoms with van der Waals surface area (Å²) in [4.78, 5) is 8.66. The highest BCUT2D eigenvalue weighted by Crippen LogP contribution is 2.38. The highest BCUT2D eigenvalue weighted by atomic mass is 16.5. The second kappa shape index (κ2) is 7.95. The van der Waals surface area contributed by atoms with Crippen LogP contribution in [0.2, 0.25) is 0 Å². The first-order chi connectivity index (χ1) is 16.1. The van der Waals surface area contributed by atoms with Crippen LogP contribution in [0, 0.1) is 6.92 Å². The van der Waals surface area contributed by atoms with Crippen molar-refractivity contribution in [3.8, 4) is 17.0 Å². The Morgan fingerprint density at radius 1 is 1.15 bits per heavy atom. The van der Waals surface area contributed by atoms with Crippen LogP contribution >= 0.6 is 0 Å². The number of aliphatic hydroxyl groups is 2. The number of aryl methyl sites for hydroxylation is 1. The second-order valence-electron chi connectivity index (χ2n) is 8.87. The zero-order valence-electron chi connectivity index (χ0n) is 18.3. The van der Waals surface area contributed by atoms with Gasteiger partial charge in [-0.05, 0) is 49.7 Å². The molecule has 4 heterocycles. The number of aromatic amines is 1. The van der Waals surface area contributed by atoms with Crippen LogP contribution < -0.4 is 10.1 Å². The van der Waals surface area contributed by atoms with Gasteiger partial charge in [-0.15, -0.1) is 0 Å². The predicted molar refractivity (Wildman–Crippen MR) is 122 cm³/mol. The van der Waals surface area contributed by atoms with E-state index in [1.165, 1.54) is 11.9 Å². The van der Waals surface area contributed by atoms with Crippen molar-refractivity contribution in [2.75, 3.05) is 6.54 Å². The summed E-state index contributed by atoms with van der Waals surface area (Å²) in [5.41, 5.74) is 5.88. The molecule has 1 saturated carbocycles. The molecule has 0 amide bonds. The molecule has 3 unspecified atom stereocenters. The molecule has 0 bridgehead atoms. The molecule has 4 N–H and O–H groups in total. The minimum Gasteiger partial charge on any atom is -0.487 e. The Labute approximate surface area is 190 Å². The number of rotatable bonds is 4. The fraction of sp³-hybridized carbons (Fsp3) is 0.375. The Balaban J connectivity index is 1.33. The molecule has 1 aliphatic heterocycles. The smallest absolute Gasteiger partial charge is 0.143 e. The van der Waals surface area contributed by atoms with Gasteiger partial charge in [-0.3, -0.25) is 5.10 Å². The number of ether oxygens (including phenoxy) is 1. The highest BCUT2D eigenvalue weighted by molar-refractivity contribution is 5.78. The largest absolute Gasteiger partial charge is 0.487 e. The van der Waals surface area contributed by atoms with Crippen molar-refractivity contribution in [1.29, 1.82) is 0 Å². The molecule has 33 heavy (non-hydrogen) atoms. The van der Waals surface area contributed by atoms with Crippen molar-refractivity contribution in [2.45, 2.75) is 50.7 Å². The maximum absolute atomic E-state index is 10.9. The summed E-state index contributed by atoms with van der Waals surface area (Å²) in [6.45, 7) is 3.55. The lowest BCUT2D eigenvalue weighted by molar-refractivity contribution is -0.0166. The maximum Gasteiger partial charge on any atom is 0.143 e. The molecule has 3 aromatic heterocycles. The molecule has 170 valence electrons. The molecule has 9 nitrogen and oxygen atoms in total. The van der Waals surface area contributed by atoms with E-state index >= 15 is 0 Å². The zero-order valence-corrected chi connectivity index (χ0v) is 18.3. The van der Waals surface area contributed by atoms with Crippen LogP contribution in [0.5, 0.6) is 5.75 Å². The quantitative estimate of drug-likeness (QED) is 0.378. The van der Waals surface area contributed by atoms with Gasteiger partial charge in [0.05, 0.1) is 17.4 Å².